The number of nitrogens with zero attached hydrogens (tertiary/aromatic N) is 4. The first-order chi connectivity index (χ1) is 50.5. The Morgan fingerprint density at radius 1 is 0.214 bits per heavy atom. The molecule has 0 N–H and O–H groups in total. The van der Waals surface area contributed by atoms with Gasteiger partial charge in [-0.05, 0) is 191 Å². The van der Waals surface area contributed by atoms with Gasteiger partial charge in [0.05, 0.1) is 44.1 Å². The van der Waals surface area contributed by atoms with Crippen LogP contribution in [0.25, 0.3) is 176 Å². The molecule has 0 aliphatic rings. The third-order valence-electron chi connectivity index (χ3n) is 22.4. The van der Waals surface area contributed by atoms with Gasteiger partial charge in [0.2, 0.25) is 6.71 Å². The van der Waals surface area contributed by atoms with Gasteiger partial charge >= 0.3 is 0 Å². The molecule has 6 heterocycles. The molecule has 7 heteroatoms. The minimum absolute atomic E-state index is 0.139. The fourth-order valence-electron chi connectivity index (χ4n) is 18.2. The first kappa shape index (κ1) is 59.1. The summed E-state index contributed by atoms with van der Waals surface area (Å²) in [7, 11) is 0. The maximum Gasteiger partial charge on any atom is 0.242 e. The van der Waals surface area contributed by atoms with Crippen molar-refractivity contribution in [2.45, 2.75) is 41.5 Å². The number of hydrogen-bond donors (Lipinski definition) is 0. The van der Waals surface area contributed by atoms with Crippen LogP contribution in [0.1, 0.15) is 33.4 Å². The van der Waals surface area contributed by atoms with Crippen LogP contribution in [0.2, 0.25) is 0 Å². The molecular formula is C96H67BN4O2. The number of furan rings is 2. The van der Waals surface area contributed by atoms with Crippen molar-refractivity contribution in [2.24, 2.45) is 0 Å². The highest BCUT2D eigenvalue weighted by Gasteiger charge is 2.32. The number of hydrogen-bond acceptors (Lipinski definition) is 2. The van der Waals surface area contributed by atoms with Gasteiger partial charge in [0.15, 0.2) is 0 Å². The van der Waals surface area contributed by atoms with Crippen molar-refractivity contribution in [3.05, 3.63) is 331 Å². The van der Waals surface area contributed by atoms with E-state index >= 15 is 0 Å². The summed E-state index contributed by atoms with van der Waals surface area (Å²) in [6, 6.07) is 111. The van der Waals surface area contributed by atoms with Crippen molar-refractivity contribution in [1.29, 1.82) is 0 Å². The largest absolute Gasteiger partial charge is 0.456 e. The van der Waals surface area contributed by atoms with Crippen LogP contribution in [0.5, 0.6) is 0 Å². The second kappa shape index (κ2) is 22.3. The average molecular weight is 1320 g/mol. The molecule has 0 radical (unpaired) electrons. The molecule has 0 atom stereocenters. The summed E-state index contributed by atoms with van der Waals surface area (Å²) in [5.74, 6) is 0. The van der Waals surface area contributed by atoms with E-state index in [4.69, 9.17) is 8.83 Å². The van der Waals surface area contributed by atoms with Crippen LogP contribution >= 0.6 is 0 Å². The van der Waals surface area contributed by atoms with Gasteiger partial charge in [-0.2, -0.15) is 0 Å². The van der Waals surface area contributed by atoms with Gasteiger partial charge in [-0.3, -0.25) is 0 Å². The van der Waals surface area contributed by atoms with Crippen molar-refractivity contribution < 1.29 is 8.83 Å². The minimum atomic E-state index is -0.139. The Bertz CT molecular complexity index is 6720. The Morgan fingerprint density at radius 2 is 0.524 bits per heavy atom. The van der Waals surface area contributed by atoms with E-state index in [0.717, 1.165) is 122 Å². The summed E-state index contributed by atoms with van der Waals surface area (Å²) in [6.07, 6.45) is 0. The van der Waals surface area contributed by atoms with Crippen molar-refractivity contribution in [2.75, 3.05) is 0 Å². The minimum Gasteiger partial charge on any atom is -0.456 e. The second-order valence-corrected chi connectivity index (χ2v) is 28.7. The summed E-state index contributed by atoms with van der Waals surface area (Å²) < 4.78 is 23.3. The zero-order valence-corrected chi connectivity index (χ0v) is 58.0. The van der Waals surface area contributed by atoms with Crippen LogP contribution in [0.3, 0.4) is 0 Å². The summed E-state index contributed by atoms with van der Waals surface area (Å²) in [4.78, 5) is 0. The third-order valence-corrected chi connectivity index (χ3v) is 22.4. The van der Waals surface area contributed by atoms with Crippen molar-refractivity contribution >= 4 is 154 Å². The van der Waals surface area contributed by atoms with Crippen LogP contribution in [0.4, 0.5) is 0 Å². The van der Waals surface area contributed by atoms with E-state index < -0.39 is 0 Å². The molecule has 0 saturated heterocycles. The van der Waals surface area contributed by atoms with Gasteiger partial charge in [-0.25, -0.2) is 0 Å². The van der Waals surface area contributed by atoms with E-state index in [-0.39, 0.29) is 6.71 Å². The molecule has 6 aromatic heterocycles. The monoisotopic (exact) mass is 1320 g/mol. The molecule has 15 aromatic carbocycles. The number of fused-ring (bicyclic) bond motifs is 18. The lowest BCUT2D eigenvalue weighted by Crippen LogP contribution is -2.56. The lowest BCUT2D eigenvalue weighted by molar-refractivity contribution is 0.668. The van der Waals surface area contributed by atoms with Gasteiger partial charge in [0, 0.05) is 87.4 Å². The number of rotatable bonds is 9. The van der Waals surface area contributed by atoms with Crippen molar-refractivity contribution in [1.82, 2.24) is 18.3 Å². The summed E-state index contributed by atoms with van der Waals surface area (Å²) in [6.45, 7) is 13.6. The molecule has 0 saturated carbocycles. The Kier molecular flexibility index (Phi) is 12.8. The molecule has 0 fully saturated rings. The number of benzene rings is 15. The van der Waals surface area contributed by atoms with Crippen LogP contribution in [-0.4, -0.2) is 25.0 Å². The molecule has 6 nitrogen and oxygen atoms in total. The molecule has 0 aliphatic heterocycles. The van der Waals surface area contributed by atoms with E-state index in [1.54, 1.807) is 0 Å². The van der Waals surface area contributed by atoms with Crippen LogP contribution in [-0.2, 0) is 0 Å². The Hall–Kier alpha value is -12.8. The highest BCUT2D eigenvalue weighted by atomic mass is 16.3. The normalized spacial score (nSPS) is 12.2. The molecule has 0 bridgehead atoms. The molecule has 486 valence electrons. The van der Waals surface area contributed by atoms with E-state index in [2.05, 4.69) is 357 Å². The van der Waals surface area contributed by atoms with Gasteiger partial charge in [0.25, 0.3) is 0 Å². The topological polar surface area (TPSA) is 46.0 Å². The van der Waals surface area contributed by atoms with Gasteiger partial charge in [-0.15, -0.1) is 0 Å². The van der Waals surface area contributed by atoms with Crippen LogP contribution in [0.15, 0.2) is 306 Å². The fraction of sp³-hybridized carbons (Fsp3) is 0.0625. The molecule has 103 heavy (non-hydrogen) atoms. The summed E-state index contributed by atoms with van der Waals surface area (Å²) >= 11 is 0. The quantitative estimate of drug-likeness (QED) is 0.135. The molecule has 0 unspecified atom stereocenters. The number of aryl methyl sites for hydroxylation is 6. The van der Waals surface area contributed by atoms with E-state index in [9.17, 15) is 0 Å². The summed E-state index contributed by atoms with van der Waals surface area (Å²) in [5, 5.41) is 13.9. The molecular weight excluding hydrogens is 1250 g/mol. The Labute approximate surface area is 594 Å². The van der Waals surface area contributed by atoms with Gasteiger partial charge in [0.1, 0.15) is 22.3 Å². The first-order valence-corrected chi connectivity index (χ1v) is 35.8. The highest BCUT2D eigenvalue weighted by molar-refractivity contribution is 6.96. The summed E-state index contributed by atoms with van der Waals surface area (Å²) in [5.41, 5.74) is 33.0. The van der Waals surface area contributed by atoms with E-state index in [1.807, 2.05) is 0 Å². The first-order valence-electron chi connectivity index (χ1n) is 35.8. The zero-order valence-electron chi connectivity index (χ0n) is 58.0. The fourth-order valence-corrected chi connectivity index (χ4v) is 18.2. The maximum atomic E-state index is 6.62. The molecule has 0 aliphatic carbocycles. The predicted octanol–water partition coefficient (Wildman–Crippen LogP) is 23.6. The smallest absolute Gasteiger partial charge is 0.242 e. The lowest BCUT2D eigenvalue weighted by atomic mass is 9.34. The van der Waals surface area contributed by atoms with Crippen LogP contribution in [0, 0.1) is 41.5 Å². The van der Waals surface area contributed by atoms with E-state index in [0.29, 0.717) is 0 Å². The molecule has 21 rings (SSSR count). The molecule has 0 amide bonds. The highest BCUT2D eigenvalue weighted by Crippen LogP contribution is 2.45. The van der Waals surface area contributed by atoms with Gasteiger partial charge in [-0.1, -0.05) is 220 Å². The van der Waals surface area contributed by atoms with Gasteiger partial charge < -0.3 is 27.1 Å². The number of para-hydroxylation sites is 4. The average Bonchev–Trinajstić information content (AvgIpc) is 1.56. The standard InChI is InChI=1S/C96H67BN4O2/c1-56-41-58(3)95(59(4)42-56)97(96-60(5)43-57(2)44-61(96)6)66-47-69(100-85-31-19-15-27-73(85)77-52-75-71-25-13-17-29-83(71)98(87(75)54-89(77)100)67-35-39-93-81(50-67)79-45-64(33-37-91(79)102-93)62-21-9-7-10-22-62)49-70(48-66)101-86-32-20-16-28-74(86)78-53-76-72-26-14-18-30-84(72)99(88(76)55-90(78)101)68-36-40-94-82(51-68)80-46-65(34-38-92(80)103-94)63-23-11-8-12-24-63/h7-55H,1-6H3. The zero-order chi connectivity index (χ0) is 68.6. The van der Waals surface area contributed by atoms with Crippen molar-refractivity contribution in [3.63, 3.8) is 0 Å². The predicted molar refractivity (Wildman–Crippen MR) is 435 cm³/mol. The molecule has 21 aromatic rings. The van der Waals surface area contributed by atoms with Crippen LogP contribution < -0.4 is 16.4 Å². The SMILES string of the molecule is Cc1cc(C)c(B(c2cc(-n3c4ccccc4c4cc5c6ccccc6n(-c6ccc7oc8ccc(-c9ccccc9)cc8c7c6)c5cc43)cc(-n3c4ccccc4c4cc5c6ccccc6n(-c6ccc7oc8ccc(-c9ccccc9)cc8c7c6)c5cc43)c2)c2c(C)cc(C)cc2C)c(C)c1. The third kappa shape index (κ3) is 8.95. The van der Waals surface area contributed by atoms with Crippen molar-refractivity contribution in [3.8, 4) is 45.0 Å². The number of aromatic nitrogens is 4. The van der Waals surface area contributed by atoms with E-state index in [1.165, 1.54) is 104 Å². The Balaban J connectivity index is 0.846. The lowest BCUT2D eigenvalue weighted by Gasteiger charge is -2.26. The molecule has 0 spiro atoms. The maximum absolute atomic E-state index is 6.62. The Morgan fingerprint density at radius 3 is 0.883 bits per heavy atom. The second-order valence-electron chi connectivity index (χ2n) is 28.7.